The Morgan fingerprint density at radius 2 is 1.94 bits per heavy atom. The van der Waals surface area contributed by atoms with Crippen molar-refractivity contribution in [1.29, 1.82) is 0 Å². The van der Waals surface area contributed by atoms with Crippen molar-refractivity contribution in [1.82, 2.24) is 15.3 Å². The first-order chi connectivity index (χ1) is 8.78. The fraction of sp³-hybridized carbons (Fsp3) is 0.692. The Morgan fingerprint density at radius 1 is 1.22 bits per heavy atom. The van der Waals surface area contributed by atoms with E-state index in [0.717, 1.165) is 25.1 Å². The monoisotopic (exact) mass is 253 g/mol. The van der Waals surface area contributed by atoms with Crippen molar-refractivity contribution in [3.8, 4) is 5.88 Å². The van der Waals surface area contributed by atoms with Crippen LogP contribution in [0.5, 0.6) is 5.88 Å². The first-order valence-corrected chi connectivity index (χ1v) is 6.39. The largest absolute Gasteiger partial charge is 0.480 e. The van der Waals surface area contributed by atoms with Crippen LogP contribution in [0.1, 0.15) is 38.4 Å². The van der Waals surface area contributed by atoms with Gasteiger partial charge in [-0.1, -0.05) is 13.8 Å². The van der Waals surface area contributed by atoms with Crippen LogP contribution >= 0.6 is 0 Å². The molecule has 102 valence electrons. The van der Waals surface area contributed by atoms with Crippen molar-refractivity contribution in [2.75, 3.05) is 20.8 Å². The van der Waals surface area contributed by atoms with E-state index in [4.69, 9.17) is 9.47 Å². The maximum Gasteiger partial charge on any atom is 0.237 e. The molecule has 0 saturated carbocycles. The standard InChI is InChI=1S/C13H23N3O2/c1-5-7-14-11(10(6-2)17-3)12-13(18-4)16-9-8-15-12/h8-11,14H,5-7H2,1-4H3. The number of methoxy groups -OCH3 is 2. The zero-order valence-electron chi connectivity index (χ0n) is 11.6. The van der Waals surface area contributed by atoms with Gasteiger partial charge in [-0.15, -0.1) is 0 Å². The lowest BCUT2D eigenvalue weighted by molar-refractivity contribution is 0.0626. The predicted molar refractivity (Wildman–Crippen MR) is 70.7 cm³/mol. The molecule has 0 radical (unpaired) electrons. The highest BCUT2D eigenvalue weighted by molar-refractivity contribution is 5.22. The Labute approximate surface area is 109 Å². The Hall–Kier alpha value is -1.20. The molecule has 5 nitrogen and oxygen atoms in total. The molecule has 0 aliphatic rings. The molecule has 2 atom stereocenters. The van der Waals surface area contributed by atoms with Gasteiger partial charge in [0.1, 0.15) is 5.69 Å². The minimum Gasteiger partial charge on any atom is -0.480 e. The van der Waals surface area contributed by atoms with Gasteiger partial charge in [0.05, 0.1) is 19.3 Å². The van der Waals surface area contributed by atoms with Crippen LogP contribution in [0.2, 0.25) is 0 Å². The molecule has 0 spiro atoms. The zero-order valence-corrected chi connectivity index (χ0v) is 11.6. The summed E-state index contributed by atoms with van der Waals surface area (Å²) >= 11 is 0. The number of hydrogen-bond acceptors (Lipinski definition) is 5. The van der Waals surface area contributed by atoms with Gasteiger partial charge in [0.25, 0.3) is 0 Å². The Morgan fingerprint density at radius 3 is 2.50 bits per heavy atom. The number of hydrogen-bond donors (Lipinski definition) is 1. The molecule has 2 unspecified atom stereocenters. The molecule has 1 N–H and O–H groups in total. The lowest BCUT2D eigenvalue weighted by atomic mass is 10.0. The molecule has 0 amide bonds. The molecular formula is C13H23N3O2. The SMILES string of the molecule is CCCNC(c1nccnc1OC)C(CC)OC. The number of rotatable bonds is 8. The quantitative estimate of drug-likeness (QED) is 0.767. The molecule has 0 fully saturated rings. The minimum absolute atomic E-state index is 0.00333. The fourth-order valence-electron chi connectivity index (χ4n) is 1.95. The van der Waals surface area contributed by atoms with E-state index >= 15 is 0 Å². The second kappa shape index (κ2) is 8.00. The van der Waals surface area contributed by atoms with E-state index < -0.39 is 0 Å². The van der Waals surface area contributed by atoms with E-state index in [2.05, 4.69) is 29.1 Å². The molecule has 0 aromatic carbocycles. The fourth-order valence-corrected chi connectivity index (χ4v) is 1.95. The van der Waals surface area contributed by atoms with Crippen molar-refractivity contribution >= 4 is 0 Å². The second-order valence-corrected chi connectivity index (χ2v) is 4.07. The maximum absolute atomic E-state index is 5.53. The smallest absolute Gasteiger partial charge is 0.237 e. The normalized spacial score (nSPS) is 14.2. The van der Waals surface area contributed by atoms with Gasteiger partial charge in [0.15, 0.2) is 0 Å². The number of nitrogens with one attached hydrogen (secondary N) is 1. The molecule has 1 rings (SSSR count). The van der Waals surface area contributed by atoms with Crippen molar-refractivity contribution in [3.05, 3.63) is 18.1 Å². The van der Waals surface area contributed by atoms with Crippen LogP contribution in [0.25, 0.3) is 0 Å². The number of nitrogens with zero attached hydrogens (tertiary/aromatic N) is 2. The zero-order chi connectivity index (χ0) is 13.4. The molecule has 1 aromatic heterocycles. The highest BCUT2D eigenvalue weighted by Gasteiger charge is 2.25. The third-order valence-corrected chi connectivity index (χ3v) is 2.87. The van der Waals surface area contributed by atoms with Gasteiger partial charge in [-0.3, -0.25) is 4.98 Å². The van der Waals surface area contributed by atoms with Crippen LogP contribution in [-0.2, 0) is 4.74 Å². The van der Waals surface area contributed by atoms with Crippen molar-refractivity contribution in [3.63, 3.8) is 0 Å². The minimum atomic E-state index is 0.00333. The van der Waals surface area contributed by atoms with Crippen LogP contribution in [0.4, 0.5) is 0 Å². The van der Waals surface area contributed by atoms with Gasteiger partial charge >= 0.3 is 0 Å². The van der Waals surface area contributed by atoms with Crippen LogP contribution in [-0.4, -0.2) is 36.8 Å². The Kier molecular flexibility index (Phi) is 6.60. The highest BCUT2D eigenvalue weighted by Crippen LogP contribution is 2.25. The summed E-state index contributed by atoms with van der Waals surface area (Å²) in [6, 6.07) is 0.00333. The van der Waals surface area contributed by atoms with Gasteiger partial charge < -0.3 is 14.8 Å². The summed E-state index contributed by atoms with van der Waals surface area (Å²) in [6.45, 7) is 5.13. The average molecular weight is 253 g/mol. The summed E-state index contributed by atoms with van der Waals surface area (Å²) in [5.41, 5.74) is 0.808. The molecule has 5 heteroatoms. The molecule has 0 aliphatic carbocycles. The first-order valence-electron chi connectivity index (χ1n) is 6.39. The Balaban J connectivity index is 2.99. The summed E-state index contributed by atoms with van der Waals surface area (Å²) in [6.07, 6.45) is 5.33. The lowest BCUT2D eigenvalue weighted by Crippen LogP contribution is -2.34. The van der Waals surface area contributed by atoms with Crippen LogP contribution in [0.15, 0.2) is 12.4 Å². The van der Waals surface area contributed by atoms with Crippen molar-refractivity contribution in [2.24, 2.45) is 0 Å². The summed E-state index contributed by atoms with van der Waals surface area (Å²) < 4.78 is 10.8. The lowest BCUT2D eigenvalue weighted by Gasteiger charge is -2.26. The summed E-state index contributed by atoms with van der Waals surface area (Å²) in [4.78, 5) is 8.59. The van der Waals surface area contributed by atoms with Gasteiger partial charge in [0, 0.05) is 19.5 Å². The first kappa shape index (κ1) is 14.9. The molecule has 0 aliphatic heterocycles. The van der Waals surface area contributed by atoms with E-state index in [-0.39, 0.29) is 12.1 Å². The van der Waals surface area contributed by atoms with Gasteiger partial charge in [0.2, 0.25) is 5.88 Å². The molecule has 0 saturated heterocycles. The number of ether oxygens (including phenoxy) is 2. The molecule has 0 bridgehead atoms. The molecule has 1 aromatic rings. The maximum atomic E-state index is 5.53. The van der Waals surface area contributed by atoms with E-state index in [1.807, 2.05) is 0 Å². The molecule has 1 heterocycles. The Bertz CT molecular complexity index is 343. The van der Waals surface area contributed by atoms with Gasteiger partial charge in [-0.25, -0.2) is 4.98 Å². The summed E-state index contributed by atoms with van der Waals surface area (Å²) in [5, 5.41) is 3.45. The van der Waals surface area contributed by atoms with Crippen LogP contribution < -0.4 is 10.1 Å². The van der Waals surface area contributed by atoms with Crippen LogP contribution in [0.3, 0.4) is 0 Å². The van der Waals surface area contributed by atoms with Crippen molar-refractivity contribution < 1.29 is 9.47 Å². The molecular weight excluding hydrogens is 230 g/mol. The van der Waals surface area contributed by atoms with E-state index in [9.17, 15) is 0 Å². The third kappa shape index (κ3) is 3.65. The van der Waals surface area contributed by atoms with Crippen LogP contribution in [0, 0.1) is 0 Å². The summed E-state index contributed by atoms with van der Waals surface area (Å²) in [7, 11) is 3.33. The van der Waals surface area contributed by atoms with Crippen molar-refractivity contribution in [2.45, 2.75) is 38.8 Å². The number of aromatic nitrogens is 2. The van der Waals surface area contributed by atoms with Gasteiger partial charge in [-0.2, -0.15) is 0 Å². The third-order valence-electron chi connectivity index (χ3n) is 2.87. The van der Waals surface area contributed by atoms with E-state index in [1.54, 1.807) is 26.6 Å². The topological polar surface area (TPSA) is 56.3 Å². The average Bonchev–Trinajstić information content (AvgIpc) is 2.43. The second-order valence-electron chi connectivity index (χ2n) is 4.07. The predicted octanol–water partition coefficient (Wildman–Crippen LogP) is 1.95. The van der Waals surface area contributed by atoms with Gasteiger partial charge in [-0.05, 0) is 19.4 Å². The summed E-state index contributed by atoms with van der Waals surface area (Å²) in [5.74, 6) is 0.557. The highest BCUT2D eigenvalue weighted by atomic mass is 16.5. The molecule has 18 heavy (non-hydrogen) atoms. The van der Waals surface area contributed by atoms with E-state index in [1.165, 1.54) is 0 Å². The van der Waals surface area contributed by atoms with E-state index in [0.29, 0.717) is 5.88 Å².